The normalized spacial score (nSPS) is 15.9. The van der Waals surface area contributed by atoms with Crippen molar-refractivity contribution < 1.29 is 14.7 Å². The number of hydrogen-bond donors (Lipinski definition) is 2. The van der Waals surface area contributed by atoms with Gasteiger partial charge >= 0.3 is 6.09 Å². The lowest BCUT2D eigenvalue weighted by molar-refractivity contribution is -0.121. The molecule has 5 nitrogen and oxygen atoms in total. The van der Waals surface area contributed by atoms with Crippen LogP contribution in [0.15, 0.2) is 24.3 Å². The van der Waals surface area contributed by atoms with Crippen LogP contribution in [0.5, 0.6) is 0 Å². The summed E-state index contributed by atoms with van der Waals surface area (Å²) in [5, 5.41) is 12.4. The summed E-state index contributed by atoms with van der Waals surface area (Å²) in [6.07, 6.45) is 0.754. The molecule has 2 rings (SSSR count). The third kappa shape index (κ3) is 4.13. The van der Waals surface area contributed by atoms with E-state index in [2.05, 4.69) is 5.32 Å². The Balaban J connectivity index is 1.78. The number of carboxylic acid groups (broad SMARTS) is 1. The fourth-order valence-corrected chi connectivity index (χ4v) is 2.41. The molecule has 2 N–H and O–H groups in total. The fraction of sp³-hybridized carbons (Fsp3) is 0.429. The van der Waals surface area contributed by atoms with Crippen molar-refractivity contribution in [3.8, 4) is 0 Å². The Morgan fingerprint density at radius 2 is 1.85 bits per heavy atom. The number of likely N-dealkylation sites (tertiary alicyclic amines) is 1. The van der Waals surface area contributed by atoms with Crippen LogP contribution in [0.4, 0.5) is 4.79 Å². The van der Waals surface area contributed by atoms with Gasteiger partial charge in [0.05, 0.1) is 6.42 Å². The number of benzene rings is 1. The minimum Gasteiger partial charge on any atom is -0.465 e. The quantitative estimate of drug-likeness (QED) is 0.898. The second kappa shape index (κ2) is 6.61. The first-order valence-corrected chi connectivity index (χ1v) is 6.94. The van der Waals surface area contributed by atoms with E-state index in [1.165, 1.54) is 4.90 Å². The molecule has 0 aromatic heterocycles. The lowest BCUT2D eigenvalue weighted by Crippen LogP contribution is -2.46. The Morgan fingerprint density at radius 3 is 2.40 bits per heavy atom. The first-order chi connectivity index (χ1) is 9.54. The van der Waals surface area contributed by atoms with Crippen LogP contribution in [0.1, 0.15) is 18.4 Å². The van der Waals surface area contributed by atoms with Crippen LogP contribution < -0.4 is 5.32 Å². The lowest BCUT2D eigenvalue weighted by atomic mass is 10.0. The van der Waals surface area contributed by atoms with Gasteiger partial charge in [0.25, 0.3) is 0 Å². The van der Waals surface area contributed by atoms with Crippen LogP contribution in [0.3, 0.4) is 0 Å². The molecule has 2 amide bonds. The van der Waals surface area contributed by atoms with Crippen LogP contribution in [-0.2, 0) is 11.2 Å². The van der Waals surface area contributed by atoms with Crippen molar-refractivity contribution in [2.75, 3.05) is 13.1 Å². The number of nitrogens with one attached hydrogen (secondary N) is 1. The Labute approximate surface area is 122 Å². The number of amides is 2. The molecule has 0 spiro atoms. The number of carbonyl (C=O) groups is 2. The summed E-state index contributed by atoms with van der Waals surface area (Å²) >= 11 is 5.79. The maximum atomic E-state index is 11.9. The molecular weight excluding hydrogens is 280 g/mol. The highest BCUT2D eigenvalue weighted by atomic mass is 35.5. The molecule has 0 bridgehead atoms. The minimum absolute atomic E-state index is 0.0407. The average Bonchev–Trinajstić information content (AvgIpc) is 2.42. The van der Waals surface area contributed by atoms with Crippen molar-refractivity contribution in [3.63, 3.8) is 0 Å². The monoisotopic (exact) mass is 296 g/mol. The van der Waals surface area contributed by atoms with Gasteiger partial charge in [0, 0.05) is 24.2 Å². The highest BCUT2D eigenvalue weighted by molar-refractivity contribution is 6.30. The highest BCUT2D eigenvalue weighted by Crippen LogP contribution is 2.12. The van der Waals surface area contributed by atoms with Crippen molar-refractivity contribution in [2.45, 2.75) is 25.3 Å². The molecule has 0 atom stereocenters. The zero-order chi connectivity index (χ0) is 14.5. The van der Waals surface area contributed by atoms with Crippen LogP contribution in [0, 0.1) is 0 Å². The van der Waals surface area contributed by atoms with E-state index in [9.17, 15) is 9.59 Å². The van der Waals surface area contributed by atoms with Crippen molar-refractivity contribution in [1.82, 2.24) is 10.2 Å². The maximum Gasteiger partial charge on any atom is 0.407 e. The van der Waals surface area contributed by atoms with E-state index in [4.69, 9.17) is 16.7 Å². The first-order valence-electron chi connectivity index (χ1n) is 6.56. The van der Waals surface area contributed by atoms with E-state index in [0.717, 1.165) is 5.56 Å². The fourth-order valence-electron chi connectivity index (χ4n) is 2.28. The van der Waals surface area contributed by atoms with Crippen LogP contribution in [0.2, 0.25) is 5.02 Å². The summed E-state index contributed by atoms with van der Waals surface area (Å²) in [5.74, 6) is -0.0407. The molecule has 20 heavy (non-hydrogen) atoms. The molecular formula is C14H17ClN2O3. The van der Waals surface area contributed by atoms with Gasteiger partial charge in [0.1, 0.15) is 0 Å². The number of carbonyl (C=O) groups excluding carboxylic acids is 1. The molecule has 0 unspecified atom stereocenters. The first kappa shape index (κ1) is 14.7. The Morgan fingerprint density at radius 1 is 1.25 bits per heavy atom. The van der Waals surface area contributed by atoms with Crippen LogP contribution >= 0.6 is 11.6 Å². The van der Waals surface area contributed by atoms with Gasteiger partial charge in [-0.1, -0.05) is 23.7 Å². The highest BCUT2D eigenvalue weighted by Gasteiger charge is 2.23. The van der Waals surface area contributed by atoms with Gasteiger partial charge in [-0.3, -0.25) is 4.79 Å². The van der Waals surface area contributed by atoms with Crippen LogP contribution in [0.25, 0.3) is 0 Å². The van der Waals surface area contributed by atoms with Crippen molar-refractivity contribution in [2.24, 2.45) is 0 Å². The average molecular weight is 297 g/mol. The lowest BCUT2D eigenvalue weighted by Gasteiger charge is -2.30. The predicted octanol–water partition coefficient (Wildman–Crippen LogP) is 2.14. The molecule has 1 aliphatic heterocycles. The molecule has 6 heteroatoms. The molecule has 1 heterocycles. The topological polar surface area (TPSA) is 69.6 Å². The van der Waals surface area contributed by atoms with Gasteiger partial charge in [0.2, 0.25) is 5.91 Å². The van der Waals surface area contributed by atoms with E-state index >= 15 is 0 Å². The van der Waals surface area contributed by atoms with Gasteiger partial charge < -0.3 is 15.3 Å². The molecule has 108 valence electrons. The molecule has 1 aliphatic rings. The smallest absolute Gasteiger partial charge is 0.407 e. The molecule has 1 aromatic rings. The summed E-state index contributed by atoms with van der Waals surface area (Å²) in [4.78, 5) is 24.1. The Kier molecular flexibility index (Phi) is 4.84. The van der Waals surface area contributed by atoms with Crippen molar-refractivity contribution >= 4 is 23.6 Å². The number of hydrogen-bond acceptors (Lipinski definition) is 2. The van der Waals surface area contributed by atoms with Gasteiger partial charge in [-0.2, -0.15) is 0 Å². The zero-order valence-corrected chi connectivity index (χ0v) is 11.8. The number of rotatable bonds is 3. The molecule has 1 saturated heterocycles. The summed E-state index contributed by atoms with van der Waals surface area (Å²) in [5.41, 5.74) is 0.912. The molecule has 1 aromatic carbocycles. The summed E-state index contributed by atoms with van der Waals surface area (Å²) in [6.45, 7) is 0.947. The predicted molar refractivity (Wildman–Crippen MR) is 75.9 cm³/mol. The van der Waals surface area contributed by atoms with Gasteiger partial charge in [-0.05, 0) is 30.5 Å². The zero-order valence-electron chi connectivity index (χ0n) is 11.0. The van der Waals surface area contributed by atoms with Crippen molar-refractivity contribution in [3.05, 3.63) is 34.9 Å². The number of halogens is 1. The van der Waals surface area contributed by atoms with E-state index in [1.54, 1.807) is 12.1 Å². The second-order valence-electron chi connectivity index (χ2n) is 4.91. The SMILES string of the molecule is O=C(Cc1ccc(Cl)cc1)NC1CCN(C(=O)O)CC1. The second-order valence-corrected chi connectivity index (χ2v) is 5.35. The largest absolute Gasteiger partial charge is 0.465 e. The Hall–Kier alpha value is -1.75. The third-order valence-electron chi connectivity index (χ3n) is 3.41. The Bertz CT molecular complexity index is 482. The van der Waals surface area contributed by atoms with E-state index in [0.29, 0.717) is 37.4 Å². The molecule has 0 aliphatic carbocycles. The molecule has 0 radical (unpaired) electrons. The maximum absolute atomic E-state index is 11.9. The van der Waals surface area contributed by atoms with Crippen molar-refractivity contribution in [1.29, 1.82) is 0 Å². The van der Waals surface area contributed by atoms with E-state index in [1.807, 2.05) is 12.1 Å². The number of piperidine rings is 1. The van der Waals surface area contributed by atoms with Gasteiger partial charge in [-0.15, -0.1) is 0 Å². The minimum atomic E-state index is -0.893. The molecule has 1 fully saturated rings. The summed E-state index contributed by atoms with van der Waals surface area (Å²) < 4.78 is 0. The van der Waals surface area contributed by atoms with Gasteiger partial charge in [0.15, 0.2) is 0 Å². The molecule has 0 saturated carbocycles. The standard InChI is InChI=1S/C14H17ClN2O3/c15-11-3-1-10(2-4-11)9-13(18)16-12-5-7-17(8-6-12)14(19)20/h1-4,12H,5-9H2,(H,16,18)(H,19,20). The van der Waals surface area contributed by atoms with Crippen LogP contribution in [-0.4, -0.2) is 41.1 Å². The summed E-state index contributed by atoms with van der Waals surface area (Å²) in [7, 11) is 0. The third-order valence-corrected chi connectivity index (χ3v) is 3.66. The van der Waals surface area contributed by atoms with E-state index in [-0.39, 0.29) is 11.9 Å². The van der Waals surface area contributed by atoms with Gasteiger partial charge in [-0.25, -0.2) is 4.79 Å². The summed E-state index contributed by atoms with van der Waals surface area (Å²) in [6, 6.07) is 7.24. The van der Waals surface area contributed by atoms with E-state index < -0.39 is 6.09 Å². The number of nitrogens with zero attached hydrogens (tertiary/aromatic N) is 1.